The number of ether oxygens (including phenoxy) is 2. The van der Waals surface area contributed by atoms with E-state index >= 15 is 0 Å². The number of benzene rings is 1. The fraction of sp³-hybridized carbons (Fsp3) is 0.650. The summed E-state index contributed by atoms with van der Waals surface area (Å²) in [5.74, 6) is 1.67. The number of morpholine rings is 1. The molecule has 0 saturated carbocycles. The van der Waals surface area contributed by atoms with Crippen LogP contribution in [-0.4, -0.2) is 69.4 Å². The Balaban J connectivity index is 0.00000392. The quantitative estimate of drug-likeness (QED) is 0.305. The Hall–Kier alpha value is -1.13. The van der Waals surface area contributed by atoms with E-state index in [0.29, 0.717) is 18.2 Å². The molecule has 0 aromatic heterocycles. The third-order valence-corrected chi connectivity index (χ3v) is 4.29. The minimum atomic E-state index is -0.263. The molecule has 1 aromatic rings. The summed E-state index contributed by atoms with van der Waals surface area (Å²) in [5, 5.41) is 6.59. The van der Waals surface area contributed by atoms with Gasteiger partial charge in [-0.2, -0.15) is 0 Å². The van der Waals surface area contributed by atoms with Crippen molar-refractivity contribution in [3.8, 4) is 5.75 Å². The van der Waals surface area contributed by atoms with Gasteiger partial charge >= 0.3 is 0 Å². The molecular weight excluding hydrogens is 474 g/mol. The fourth-order valence-electron chi connectivity index (χ4n) is 2.90. The van der Waals surface area contributed by atoms with E-state index in [1.165, 1.54) is 12.1 Å². The van der Waals surface area contributed by atoms with E-state index in [1.54, 1.807) is 12.1 Å². The summed E-state index contributed by atoms with van der Waals surface area (Å²) in [6, 6.07) is 6.07. The molecule has 0 amide bonds. The maximum Gasteiger partial charge on any atom is 0.191 e. The van der Waals surface area contributed by atoms with Gasteiger partial charge in [-0.1, -0.05) is 6.92 Å². The van der Waals surface area contributed by atoms with Crippen LogP contribution >= 0.6 is 24.0 Å². The first-order chi connectivity index (χ1) is 13.1. The van der Waals surface area contributed by atoms with Gasteiger partial charge in [-0.05, 0) is 44.0 Å². The van der Waals surface area contributed by atoms with Crippen LogP contribution in [0.4, 0.5) is 4.39 Å². The number of hydrogen-bond acceptors (Lipinski definition) is 4. The highest BCUT2D eigenvalue weighted by atomic mass is 127. The van der Waals surface area contributed by atoms with E-state index in [4.69, 9.17) is 14.5 Å². The molecule has 6 nitrogen and oxygen atoms in total. The summed E-state index contributed by atoms with van der Waals surface area (Å²) in [7, 11) is 0. The van der Waals surface area contributed by atoms with Gasteiger partial charge in [-0.3, -0.25) is 9.89 Å². The van der Waals surface area contributed by atoms with E-state index < -0.39 is 0 Å². The first-order valence-corrected chi connectivity index (χ1v) is 9.81. The van der Waals surface area contributed by atoms with Crippen molar-refractivity contribution in [2.45, 2.75) is 26.9 Å². The minimum absolute atomic E-state index is 0. The largest absolute Gasteiger partial charge is 0.489 e. The van der Waals surface area contributed by atoms with E-state index in [0.717, 1.165) is 51.9 Å². The average Bonchev–Trinajstić information content (AvgIpc) is 2.66. The van der Waals surface area contributed by atoms with Crippen molar-refractivity contribution >= 4 is 29.9 Å². The van der Waals surface area contributed by atoms with Gasteiger partial charge in [0, 0.05) is 32.7 Å². The molecule has 1 saturated heterocycles. The summed E-state index contributed by atoms with van der Waals surface area (Å²) in [6.07, 6.45) is -0.0647. The van der Waals surface area contributed by atoms with Crippen LogP contribution in [0.1, 0.15) is 20.8 Å². The Morgan fingerprint density at radius 1 is 1.21 bits per heavy atom. The van der Waals surface area contributed by atoms with Crippen LogP contribution in [0, 0.1) is 11.7 Å². The molecule has 2 rings (SSSR count). The van der Waals surface area contributed by atoms with Crippen molar-refractivity contribution in [1.29, 1.82) is 0 Å². The predicted octanol–water partition coefficient (Wildman–Crippen LogP) is 2.73. The second kappa shape index (κ2) is 13.9. The summed E-state index contributed by atoms with van der Waals surface area (Å²) in [5.41, 5.74) is 0. The number of nitrogens with one attached hydrogen (secondary N) is 2. The molecule has 28 heavy (non-hydrogen) atoms. The lowest BCUT2D eigenvalue weighted by molar-refractivity contribution is 0.0323. The van der Waals surface area contributed by atoms with Crippen LogP contribution in [0.25, 0.3) is 0 Å². The zero-order valence-corrected chi connectivity index (χ0v) is 19.4. The Bertz CT molecular complexity index is 568. The molecule has 0 spiro atoms. The summed E-state index contributed by atoms with van der Waals surface area (Å²) in [4.78, 5) is 7.13. The maximum absolute atomic E-state index is 13.0. The predicted molar refractivity (Wildman–Crippen MR) is 122 cm³/mol. The highest BCUT2D eigenvalue weighted by Gasteiger charge is 2.14. The summed E-state index contributed by atoms with van der Waals surface area (Å²) >= 11 is 0. The van der Waals surface area contributed by atoms with Gasteiger partial charge in [-0.15, -0.1) is 24.0 Å². The molecule has 2 atom stereocenters. The molecule has 1 aliphatic rings. The Morgan fingerprint density at radius 2 is 1.89 bits per heavy atom. The maximum atomic E-state index is 13.0. The molecule has 1 aliphatic heterocycles. The van der Waals surface area contributed by atoms with Crippen molar-refractivity contribution in [1.82, 2.24) is 15.5 Å². The highest BCUT2D eigenvalue weighted by molar-refractivity contribution is 14.0. The van der Waals surface area contributed by atoms with Crippen molar-refractivity contribution in [3.05, 3.63) is 30.1 Å². The van der Waals surface area contributed by atoms with Crippen molar-refractivity contribution in [2.75, 3.05) is 52.5 Å². The van der Waals surface area contributed by atoms with Crippen LogP contribution in [0.3, 0.4) is 0 Å². The van der Waals surface area contributed by atoms with Crippen LogP contribution in [-0.2, 0) is 4.74 Å². The van der Waals surface area contributed by atoms with Crippen LogP contribution < -0.4 is 15.4 Å². The second-order valence-electron chi connectivity index (χ2n) is 7.00. The number of rotatable bonds is 9. The van der Waals surface area contributed by atoms with Crippen molar-refractivity contribution in [2.24, 2.45) is 10.9 Å². The van der Waals surface area contributed by atoms with Crippen LogP contribution in [0.2, 0.25) is 0 Å². The summed E-state index contributed by atoms with van der Waals surface area (Å²) < 4.78 is 24.1. The zero-order valence-electron chi connectivity index (χ0n) is 17.1. The van der Waals surface area contributed by atoms with E-state index in [9.17, 15) is 4.39 Å². The molecule has 2 N–H and O–H groups in total. The molecule has 1 heterocycles. The van der Waals surface area contributed by atoms with Crippen molar-refractivity contribution < 1.29 is 13.9 Å². The number of hydrogen-bond donors (Lipinski definition) is 2. The molecule has 1 aromatic carbocycles. The molecule has 1 fully saturated rings. The number of halogens is 2. The molecule has 0 radical (unpaired) electrons. The van der Waals surface area contributed by atoms with Crippen molar-refractivity contribution in [3.63, 3.8) is 0 Å². The van der Waals surface area contributed by atoms with Crippen LogP contribution in [0.5, 0.6) is 5.75 Å². The smallest absolute Gasteiger partial charge is 0.191 e. The van der Waals surface area contributed by atoms with Gasteiger partial charge < -0.3 is 20.1 Å². The van der Waals surface area contributed by atoms with E-state index in [1.807, 2.05) is 13.8 Å². The molecule has 2 unspecified atom stereocenters. The molecule has 8 heteroatoms. The standard InChI is InChI=1S/C20H33FN4O2.HI/c1-4-22-20(23-13-16(2)15-25-9-11-26-12-10-25)24-14-17(3)27-19-7-5-18(21)6-8-19;/h5-8,16-17H,4,9-15H2,1-3H3,(H2,22,23,24);1H. The van der Waals surface area contributed by atoms with E-state index in [2.05, 4.69) is 22.5 Å². The molecular formula is C20H34FIN4O2. The van der Waals surface area contributed by atoms with Gasteiger partial charge in [0.05, 0.1) is 19.8 Å². The third kappa shape index (κ3) is 9.88. The zero-order chi connectivity index (χ0) is 19.5. The molecule has 0 bridgehead atoms. The lowest BCUT2D eigenvalue weighted by Crippen LogP contribution is -2.42. The Labute approximate surface area is 185 Å². The topological polar surface area (TPSA) is 58.1 Å². The van der Waals surface area contributed by atoms with Gasteiger partial charge in [0.1, 0.15) is 17.7 Å². The molecule has 0 aliphatic carbocycles. The first kappa shape index (κ1) is 24.9. The molecule has 160 valence electrons. The third-order valence-electron chi connectivity index (χ3n) is 4.29. The lowest BCUT2D eigenvalue weighted by Gasteiger charge is -2.28. The van der Waals surface area contributed by atoms with Crippen LogP contribution in [0.15, 0.2) is 29.3 Å². The van der Waals surface area contributed by atoms with E-state index in [-0.39, 0.29) is 35.9 Å². The summed E-state index contributed by atoms with van der Waals surface area (Å²) in [6.45, 7) is 13.1. The SMILES string of the molecule is CCNC(=NCC(C)CN1CCOCC1)NCC(C)Oc1ccc(F)cc1.I. The highest BCUT2D eigenvalue weighted by Crippen LogP contribution is 2.12. The van der Waals surface area contributed by atoms with Gasteiger partial charge in [0.15, 0.2) is 5.96 Å². The Kier molecular flexibility index (Phi) is 12.4. The first-order valence-electron chi connectivity index (χ1n) is 9.81. The number of guanidine groups is 1. The number of aliphatic imine (C=N–C) groups is 1. The monoisotopic (exact) mass is 508 g/mol. The van der Waals surface area contributed by atoms with Gasteiger partial charge in [-0.25, -0.2) is 4.39 Å². The normalized spacial score (nSPS) is 17.4. The lowest BCUT2D eigenvalue weighted by atomic mass is 10.1. The minimum Gasteiger partial charge on any atom is -0.489 e. The van der Waals surface area contributed by atoms with Gasteiger partial charge in [0.25, 0.3) is 0 Å². The Morgan fingerprint density at radius 3 is 2.54 bits per heavy atom. The van der Waals surface area contributed by atoms with Gasteiger partial charge in [0.2, 0.25) is 0 Å². The average molecular weight is 508 g/mol. The second-order valence-corrected chi connectivity index (χ2v) is 7.00. The fourth-order valence-corrected chi connectivity index (χ4v) is 2.90. The number of nitrogens with zero attached hydrogens (tertiary/aromatic N) is 2.